The highest BCUT2D eigenvalue weighted by atomic mass is 16.5. The largest absolute Gasteiger partial charge is 0.497 e. The van der Waals surface area contributed by atoms with E-state index in [0.29, 0.717) is 0 Å². The fraction of sp³-hybridized carbons (Fsp3) is 0.348. The van der Waals surface area contributed by atoms with E-state index in [1.807, 2.05) is 42.2 Å². The quantitative estimate of drug-likeness (QED) is 0.667. The van der Waals surface area contributed by atoms with Gasteiger partial charge in [-0.1, -0.05) is 12.1 Å². The Morgan fingerprint density at radius 2 is 1.57 bits per heavy atom. The third-order valence-electron chi connectivity index (χ3n) is 5.27. The Kier molecular flexibility index (Phi) is 6.05. The molecule has 2 aromatic carbocycles. The van der Waals surface area contributed by atoms with Gasteiger partial charge in [-0.15, -0.1) is 0 Å². The van der Waals surface area contributed by atoms with Crippen LogP contribution in [0.5, 0.6) is 11.5 Å². The summed E-state index contributed by atoms with van der Waals surface area (Å²) in [6.45, 7) is 7.21. The molecule has 0 spiro atoms. The summed E-state index contributed by atoms with van der Waals surface area (Å²) in [5, 5.41) is 3.69. The highest BCUT2D eigenvalue weighted by Crippen LogP contribution is 2.30. The summed E-state index contributed by atoms with van der Waals surface area (Å²) in [4.78, 5) is 4.59. The molecular formula is C23H29N3O2. The zero-order chi connectivity index (χ0) is 20.3. The summed E-state index contributed by atoms with van der Waals surface area (Å²) >= 11 is 0. The first-order chi connectivity index (χ1) is 13.4. The third kappa shape index (κ3) is 4.20. The van der Waals surface area contributed by atoms with Crippen LogP contribution in [0.1, 0.15) is 39.7 Å². The third-order valence-corrected chi connectivity index (χ3v) is 5.27. The van der Waals surface area contributed by atoms with Crippen LogP contribution in [0.15, 0.2) is 42.7 Å². The first kappa shape index (κ1) is 20.0. The molecule has 3 rings (SSSR count). The fourth-order valence-electron chi connectivity index (χ4n) is 3.43. The van der Waals surface area contributed by atoms with Gasteiger partial charge < -0.3 is 14.0 Å². The van der Waals surface area contributed by atoms with E-state index in [2.05, 4.69) is 43.2 Å². The van der Waals surface area contributed by atoms with Crippen molar-refractivity contribution in [3.63, 3.8) is 0 Å². The Hall–Kier alpha value is -2.79. The molecule has 5 heteroatoms. The van der Waals surface area contributed by atoms with Gasteiger partial charge in [-0.3, -0.25) is 5.32 Å². The monoisotopic (exact) mass is 379 g/mol. The second-order valence-electron chi connectivity index (χ2n) is 7.22. The first-order valence-corrected chi connectivity index (χ1v) is 9.43. The minimum absolute atomic E-state index is 0.0926. The van der Waals surface area contributed by atoms with Gasteiger partial charge in [0, 0.05) is 32.1 Å². The molecule has 0 saturated heterocycles. The molecule has 0 aliphatic carbocycles. The van der Waals surface area contributed by atoms with Crippen LogP contribution in [0, 0.1) is 20.8 Å². The number of nitrogens with one attached hydrogen (secondary N) is 1. The summed E-state index contributed by atoms with van der Waals surface area (Å²) < 4.78 is 13.0. The number of hydrogen-bond acceptors (Lipinski definition) is 4. The Bertz CT molecular complexity index is 940. The number of rotatable bonds is 7. The summed E-state index contributed by atoms with van der Waals surface area (Å²) in [7, 11) is 5.34. The van der Waals surface area contributed by atoms with Gasteiger partial charge in [0.25, 0.3) is 0 Å². The smallest absolute Gasteiger partial charge is 0.130 e. The number of ether oxygens (including phenoxy) is 2. The number of benzene rings is 2. The van der Waals surface area contributed by atoms with E-state index in [9.17, 15) is 0 Å². The van der Waals surface area contributed by atoms with E-state index in [-0.39, 0.29) is 6.04 Å². The molecule has 0 amide bonds. The van der Waals surface area contributed by atoms with Crippen LogP contribution < -0.4 is 14.8 Å². The van der Waals surface area contributed by atoms with Gasteiger partial charge in [0.05, 0.1) is 20.3 Å². The van der Waals surface area contributed by atoms with Crippen LogP contribution in [-0.2, 0) is 13.6 Å². The molecule has 0 aliphatic rings. The van der Waals surface area contributed by atoms with Crippen molar-refractivity contribution in [3.05, 3.63) is 76.4 Å². The van der Waals surface area contributed by atoms with Gasteiger partial charge in [-0.25, -0.2) is 4.98 Å². The maximum absolute atomic E-state index is 5.47. The Morgan fingerprint density at radius 1 is 0.929 bits per heavy atom. The van der Waals surface area contributed by atoms with Gasteiger partial charge in [0.15, 0.2) is 0 Å². The number of aryl methyl sites for hydroxylation is 4. The van der Waals surface area contributed by atoms with Crippen molar-refractivity contribution in [2.45, 2.75) is 33.4 Å². The highest BCUT2D eigenvalue weighted by Gasteiger charge is 2.20. The van der Waals surface area contributed by atoms with Crippen LogP contribution in [0.4, 0.5) is 0 Å². The number of hydrogen-bond donors (Lipinski definition) is 1. The summed E-state index contributed by atoms with van der Waals surface area (Å²) in [5.41, 5.74) is 6.25. The lowest BCUT2D eigenvalue weighted by Crippen LogP contribution is -2.25. The normalized spacial score (nSPS) is 12.1. The molecule has 28 heavy (non-hydrogen) atoms. The van der Waals surface area contributed by atoms with Crippen molar-refractivity contribution in [1.82, 2.24) is 14.9 Å². The number of aromatic nitrogens is 2. The molecule has 1 aromatic heterocycles. The molecule has 0 saturated carbocycles. The van der Waals surface area contributed by atoms with Crippen molar-refractivity contribution < 1.29 is 9.47 Å². The van der Waals surface area contributed by atoms with Gasteiger partial charge in [0.2, 0.25) is 0 Å². The van der Waals surface area contributed by atoms with E-state index < -0.39 is 0 Å². The maximum atomic E-state index is 5.47. The molecule has 0 radical (unpaired) electrons. The highest BCUT2D eigenvalue weighted by molar-refractivity contribution is 5.42. The van der Waals surface area contributed by atoms with Gasteiger partial charge in [-0.05, 0) is 60.7 Å². The molecule has 0 aliphatic heterocycles. The van der Waals surface area contributed by atoms with Crippen molar-refractivity contribution in [2.75, 3.05) is 14.2 Å². The number of imidazole rings is 1. The number of methoxy groups -OCH3 is 2. The van der Waals surface area contributed by atoms with Crippen LogP contribution in [-0.4, -0.2) is 23.8 Å². The summed E-state index contributed by atoms with van der Waals surface area (Å²) in [6.07, 6.45) is 3.78. The predicted molar refractivity (Wildman–Crippen MR) is 112 cm³/mol. The topological polar surface area (TPSA) is 48.3 Å². The Labute approximate surface area is 167 Å². The minimum Gasteiger partial charge on any atom is -0.497 e. The maximum Gasteiger partial charge on any atom is 0.130 e. The predicted octanol–water partition coefficient (Wildman–Crippen LogP) is 4.24. The van der Waals surface area contributed by atoms with Crippen LogP contribution in [0.2, 0.25) is 0 Å². The van der Waals surface area contributed by atoms with Crippen molar-refractivity contribution >= 4 is 0 Å². The first-order valence-electron chi connectivity index (χ1n) is 9.43. The molecule has 0 bridgehead atoms. The van der Waals surface area contributed by atoms with E-state index >= 15 is 0 Å². The molecule has 0 fully saturated rings. The second kappa shape index (κ2) is 8.48. The Morgan fingerprint density at radius 3 is 2.14 bits per heavy atom. The van der Waals surface area contributed by atoms with Crippen molar-refractivity contribution in [2.24, 2.45) is 7.05 Å². The molecule has 1 heterocycles. The average Bonchev–Trinajstić information content (AvgIpc) is 3.11. The van der Waals surface area contributed by atoms with Crippen LogP contribution >= 0.6 is 0 Å². The van der Waals surface area contributed by atoms with Crippen molar-refractivity contribution in [1.29, 1.82) is 0 Å². The van der Waals surface area contributed by atoms with E-state index in [4.69, 9.17) is 9.47 Å². The Balaban J connectivity index is 1.98. The molecule has 3 aromatic rings. The van der Waals surface area contributed by atoms with Gasteiger partial charge in [-0.2, -0.15) is 0 Å². The SMILES string of the molecule is COc1cc(OC)cc(C(NCc2cc(C)c(C)cc2C)c2nccn2C)c1. The molecule has 1 atom stereocenters. The van der Waals surface area contributed by atoms with E-state index in [1.54, 1.807) is 14.2 Å². The van der Waals surface area contributed by atoms with Crippen LogP contribution in [0.25, 0.3) is 0 Å². The summed E-state index contributed by atoms with van der Waals surface area (Å²) in [6, 6.07) is 10.4. The lowest BCUT2D eigenvalue weighted by Gasteiger charge is -2.21. The van der Waals surface area contributed by atoms with Crippen molar-refractivity contribution in [3.8, 4) is 11.5 Å². The second-order valence-corrected chi connectivity index (χ2v) is 7.22. The van der Waals surface area contributed by atoms with E-state index in [1.165, 1.54) is 22.3 Å². The summed E-state index contributed by atoms with van der Waals surface area (Å²) in [5.74, 6) is 2.47. The van der Waals surface area contributed by atoms with Crippen LogP contribution in [0.3, 0.4) is 0 Å². The van der Waals surface area contributed by atoms with Gasteiger partial charge >= 0.3 is 0 Å². The number of nitrogens with zero attached hydrogens (tertiary/aromatic N) is 2. The standard InChI is InChI=1S/C23H29N3O2/c1-15-9-17(3)19(10-16(15)2)14-25-22(23-24-7-8-26(23)4)18-11-20(27-5)13-21(12-18)28-6/h7-13,22,25H,14H2,1-6H3. The average molecular weight is 380 g/mol. The molecular weight excluding hydrogens is 350 g/mol. The molecule has 5 nitrogen and oxygen atoms in total. The zero-order valence-electron chi connectivity index (χ0n) is 17.5. The molecule has 1 unspecified atom stereocenters. The lowest BCUT2D eigenvalue weighted by atomic mass is 9.99. The fourth-order valence-corrected chi connectivity index (χ4v) is 3.43. The molecule has 1 N–H and O–H groups in total. The molecule has 148 valence electrons. The zero-order valence-corrected chi connectivity index (χ0v) is 17.5. The minimum atomic E-state index is -0.0926. The van der Waals surface area contributed by atoms with E-state index in [0.717, 1.165) is 29.4 Å². The lowest BCUT2D eigenvalue weighted by molar-refractivity contribution is 0.392. The van der Waals surface area contributed by atoms with Gasteiger partial charge in [0.1, 0.15) is 17.3 Å².